The van der Waals surface area contributed by atoms with E-state index in [1.807, 2.05) is 0 Å². The minimum Gasteiger partial charge on any atom is -0.308 e. The Hall–Kier alpha value is -6.65. The van der Waals surface area contributed by atoms with Crippen molar-refractivity contribution >= 4 is 104 Å². The molecule has 0 aliphatic carbocycles. The number of hydrogen-bond acceptors (Lipinski definition) is 2. The van der Waals surface area contributed by atoms with Crippen LogP contribution >= 0.6 is 0 Å². The molecule has 7 aromatic carbocycles. The van der Waals surface area contributed by atoms with E-state index < -0.39 is 0 Å². The summed E-state index contributed by atoms with van der Waals surface area (Å²) in [6.45, 7) is 20.9. The number of nitrogens with zero attached hydrogens (tertiary/aromatic N) is 4. The van der Waals surface area contributed by atoms with E-state index in [2.05, 4.69) is 216 Å². The van der Waals surface area contributed by atoms with Gasteiger partial charge in [0, 0.05) is 49.1 Å². The van der Waals surface area contributed by atoms with E-state index >= 15 is 0 Å². The van der Waals surface area contributed by atoms with Crippen molar-refractivity contribution < 1.29 is 0 Å². The molecule has 12 aromatic rings. The summed E-state index contributed by atoms with van der Waals surface area (Å²) >= 11 is 0. The molecule has 0 saturated heterocycles. The average molecular weight is 791 g/mol. The summed E-state index contributed by atoms with van der Waals surface area (Å²) in [6.07, 6.45) is 0. The van der Waals surface area contributed by atoms with E-state index in [4.69, 9.17) is 4.98 Å². The fourth-order valence-electron chi connectivity index (χ4n) is 10.3. The highest BCUT2D eigenvalue weighted by atomic mass is 15.2. The van der Waals surface area contributed by atoms with Crippen molar-refractivity contribution in [3.8, 4) is 0 Å². The number of rotatable bonds is 3. The fraction of sp³-hybridized carbons (Fsp3) is 0.211. The van der Waals surface area contributed by atoms with Gasteiger partial charge >= 0.3 is 0 Å². The molecule has 12 rings (SSSR count). The van der Waals surface area contributed by atoms with Crippen molar-refractivity contribution in [2.24, 2.45) is 0 Å². The van der Waals surface area contributed by atoms with Gasteiger partial charge in [0.15, 0.2) is 0 Å². The summed E-state index contributed by atoms with van der Waals surface area (Å²) in [6, 6.07) is 52.5. The van der Waals surface area contributed by atoms with E-state index in [-0.39, 0.29) is 16.2 Å². The van der Waals surface area contributed by atoms with Gasteiger partial charge in [0.05, 0.1) is 38.8 Å². The normalized spacial score (nSPS) is 13.3. The van der Waals surface area contributed by atoms with E-state index in [9.17, 15) is 0 Å². The second kappa shape index (κ2) is 12.0. The molecule has 0 aliphatic rings. The Labute approximate surface area is 356 Å². The molecule has 61 heavy (non-hydrogen) atoms. The first-order valence-electron chi connectivity index (χ1n) is 21.8. The molecule has 0 bridgehead atoms. The fourth-order valence-corrected chi connectivity index (χ4v) is 10.3. The highest BCUT2D eigenvalue weighted by Gasteiger charge is 2.30. The topological polar surface area (TPSA) is 24.9 Å². The van der Waals surface area contributed by atoms with Gasteiger partial charge in [-0.05, 0) is 117 Å². The van der Waals surface area contributed by atoms with Crippen LogP contribution in [0.2, 0.25) is 0 Å². The molecule has 0 saturated carbocycles. The van der Waals surface area contributed by atoms with E-state index in [0.717, 1.165) is 33.7 Å². The molecular weight excluding hydrogens is 741 g/mol. The molecule has 4 nitrogen and oxygen atoms in total. The smallest absolute Gasteiger partial charge is 0.146 e. The Bertz CT molecular complexity index is 3690. The Kier molecular flexibility index (Phi) is 7.13. The lowest BCUT2D eigenvalue weighted by Crippen LogP contribution is -2.15. The number of aromatic nitrogens is 3. The molecular formula is C57H50N4. The number of hydrogen-bond donors (Lipinski definition) is 0. The molecule has 0 unspecified atom stereocenters. The van der Waals surface area contributed by atoms with Gasteiger partial charge in [0.1, 0.15) is 5.65 Å². The number of pyridine rings is 1. The summed E-state index contributed by atoms with van der Waals surface area (Å²) < 4.78 is 5.04. The molecule has 0 aliphatic heterocycles. The molecule has 0 atom stereocenters. The molecule has 0 spiro atoms. The van der Waals surface area contributed by atoms with Crippen LogP contribution < -0.4 is 4.90 Å². The van der Waals surface area contributed by atoms with Crippen LogP contribution in [0.3, 0.4) is 0 Å². The second-order valence-electron chi connectivity index (χ2n) is 20.6. The third-order valence-corrected chi connectivity index (χ3v) is 13.5. The summed E-state index contributed by atoms with van der Waals surface area (Å²) in [5.74, 6) is 0. The lowest BCUT2D eigenvalue weighted by molar-refractivity contribution is 0.590. The van der Waals surface area contributed by atoms with E-state index in [1.165, 1.54) is 87.2 Å². The standard InChI is InChI=1S/C57H50N4/c1-55(2,3)34-24-25-46-40(27-34)41-28-35(56(4,5)6)29-42-43-32-47-50(58-54(43)61(46)51(41)42)45-26-33-18-16-17-23-39(33)49-44-30-36(57(7,8)9)31-48(52(44)60(47)53(45)49)59(37-19-12-10-13-20-37)38-21-14-11-15-22-38/h10-32H,1-9H3. The Morgan fingerprint density at radius 3 is 1.64 bits per heavy atom. The maximum Gasteiger partial charge on any atom is 0.146 e. The number of para-hydroxylation sites is 2. The molecule has 298 valence electrons. The maximum atomic E-state index is 5.86. The van der Waals surface area contributed by atoms with Gasteiger partial charge in [0.25, 0.3) is 0 Å². The molecule has 5 heterocycles. The summed E-state index contributed by atoms with van der Waals surface area (Å²) in [4.78, 5) is 8.32. The molecule has 0 fully saturated rings. The van der Waals surface area contributed by atoms with Crippen LogP contribution in [0, 0.1) is 0 Å². The van der Waals surface area contributed by atoms with Gasteiger partial charge in [-0.25, -0.2) is 4.98 Å². The van der Waals surface area contributed by atoms with Gasteiger partial charge in [-0.1, -0.05) is 129 Å². The van der Waals surface area contributed by atoms with Gasteiger partial charge in [-0.15, -0.1) is 0 Å². The van der Waals surface area contributed by atoms with Crippen molar-refractivity contribution in [3.05, 3.63) is 156 Å². The van der Waals surface area contributed by atoms with Crippen molar-refractivity contribution in [1.29, 1.82) is 0 Å². The van der Waals surface area contributed by atoms with Crippen LogP contribution in [0.15, 0.2) is 140 Å². The van der Waals surface area contributed by atoms with Gasteiger partial charge in [0.2, 0.25) is 0 Å². The summed E-state index contributed by atoms with van der Waals surface area (Å²) in [7, 11) is 0. The Morgan fingerprint density at radius 1 is 0.410 bits per heavy atom. The number of fused-ring (bicyclic) bond motifs is 14. The first kappa shape index (κ1) is 36.2. The zero-order valence-corrected chi connectivity index (χ0v) is 36.6. The Morgan fingerprint density at radius 2 is 0.984 bits per heavy atom. The van der Waals surface area contributed by atoms with Gasteiger partial charge < -0.3 is 9.30 Å². The Balaban J connectivity index is 1.32. The summed E-state index contributed by atoms with van der Waals surface area (Å²) in [5, 5.41) is 11.3. The second-order valence-corrected chi connectivity index (χ2v) is 20.6. The van der Waals surface area contributed by atoms with Crippen LogP contribution in [0.5, 0.6) is 0 Å². The predicted molar refractivity (Wildman–Crippen MR) is 262 cm³/mol. The zero-order valence-electron chi connectivity index (χ0n) is 36.6. The average Bonchev–Trinajstić information content (AvgIpc) is 3.95. The quantitative estimate of drug-likeness (QED) is 0.178. The van der Waals surface area contributed by atoms with Crippen molar-refractivity contribution in [3.63, 3.8) is 0 Å². The molecule has 0 radical (unpaired) electrons. The maximum absolute atomic E-state index is 5.86. The van der Waals surface area contributed by atoms with Crippen molar-refractivity contribution in [1.82, 2.24) is 13.8 Å². The first-order chi connectivity index (χ1) is 29.2. The van der Waals surface area contributed by atoms with Gasteiger partial charge in [-0.2, -0.15) is 0 Å². The molecule has 4 heteroatoms. The minimum atomic E-state index is -0.0957. The van der Waals surface area contributed by atoms with Gasteiger partial charge in [-0.3, -0.25) is 4.40 Å². The van der Waals surface area contributed by atoms with E-state index in [1.54, 1.807) is 0 Å². The monoisotopic (exact) mass is 790 g/mol. The highest BCUT2D eigenvalue weighted by Crippen LogP contribution is 2.51. The van der Waals surface area contributed by atoms with Crippen molar-refractivity contribution in [2.45, 2.75) is 78.6 Å². The van der Waals surface area contributed by atoms with Crippen LogP contribution in [0.1, 0.15) is 79.0 Å². The lowest BCUT2D eigenvalue weighted by atomic mass is 9.84. The number of benzene rings is 7. The SMILES string of the molecule is CC(C)(C)c1ccc2c(c1)c1cc(C(C)(C)C)cc3c4cc5c(nc4n2c13)c1cc2ccccc2c2c3cc(C(C)(C)C)cc(N(c4ccccc4)c4ccccc4)c3n5c12. The van der Waals surface area contributed by atoms with E-state index in [0.29, 0.717) is 0 Å². The van der Waals surface area contributed by atoms with Crippen molar-refractivity contribution in [2.75, 3.05) is 4.90 Å². The van der Waals surface area contributed by atoms with Crippen LogP contribution in [0.4, 0.5) is 17.1 Å². The lowest BCUT2D eigenvalue weighted by Gasteiger charge is -2.29. The predicted octanol–water partition coefficient (Wildman–Crippen LogP) is 15.9. The molecule has 0 N–H and O–H groups in total. The first-order valence-corrected chi connectivity index (χ1v) is 21.8. The zero-order chi connectivity index (χ0) is 41.9. The minimum absolute atomic E-state index is 0.0367. The highest BCUT2D eigenvalue weighted by molar-refractivity contribution is 6.33. The third kappa shape index (κ3) is 5.02. The molecule has 5 aromatic heterocycles. The summed E-state index contributed by atoms with van der Waals surface area (Å²) in [5.41, 5.74) is 15.4. The van der Waals surface area contributed by atoms with Crippen LogP contribution in [0.25, 0.3) is 87.2 Å². The number of anilines is 3. The van der Waals surface area contributed by atoms with Crippen LogP contribution in [-0.4, -0.2) is 13.8 Å². The largest absolute Gasteiger partial charge is 0.308 e. The third-order valence-electron chi connectivity index (χ3n) is 13.5. The molecule has 0 amide bonds. The van der Waals surface area contributed by atoms with Crippen LogP contribution in [-0.2, 0) is 16.2 Å².